The summed E-state index contributed by atoms with van der Waals surface area (Å²) in [5.74, 6) is -0.226. The van der Waals surface area contributed by atoms with Crippen LogP contribution in [0.1, 0.15) is 5.76 Å². The number of ether oxygens (including phenoxy) is 1. The van der Waals surface area contributed by atoms with Gasteiger partial charge in [0.15, 0.2) is 0 Å². The van der Waals surface area contributed by atoms with Crippen molar-refractivity contribution in [3.05, 3.63) is 57.2 Å². The van der Waals surface area contributed by atoms with Gasteiger partial charge in [-0.05, 0) is 42.1 Å². The molecule has 1 aliphatic heterocycles. The van der Waals surface area contributed by atoms with E-state index in [1.54, 1.807) is 24.3 Å². The van der Waals surface area contributed by atoms with Gasteiger partial charge in [-0.1, -0.05) is 0 Å². The molecule has 0 radical (unpaired) electrons. The summed E-state index contributed by atoms with van der Waals surface area (Å²) in [6.07, 6.45) is 1.31. The number of hydrogen-bond acceptors (Lipinski definition) is 7. The summed E-state index contributed by atoms with van der Waals surface area (Å²) >= 11 is 0.737. The number of methoxy groups -OCH3 is 1. The molecule has 0 bridgehead atoms. The number of imide groups is 1. The first-order valence-electron chi connectivity index (χ1n) is 6.66. The highest BCUT2D eigenvalue weighted by molar-refractivity contribution is 8.19. The number of amides is 2. The molecule has 0 saturated carbocycles. The summed E-state index contributed by atoms with van der Waals surface area (Å²) in [7, 11) is 1.51. The van der Waals surface area contributed by atoms with Gasteiger partial charge in [0, 0.05) is 6.08 Å². The highest BCUT2D eigenvalue weighted by Crippen LogP contribution is 2.36. The Morgan fingerprint density at radius 2 is 1.92 bits per heavy atom. The Hall–Kier alpha value is -3.07. The predicted molar refractivity (Wildman–Crippen MR) is 86.8 cm³/mol. The molecule has 2 heterocycles. The third-order valence-electron chi connectivity index (χ3n) is 3.19. The first-order valence-corrected chi connectivity index (χ1v) is 7.47. The normalized spacial score (nSPS) is 16.0. The summed E-state index contributed by atoms with van der Waals surface area (Å²) in [4.78, 5) is 35.6. The summed E-state index contributed by atoms with van der Waals surface area (Å²) in [5.41, 5.74) is 0.409. The van der Waals surface area contributed by atoms with Gasteiger partial charge in [-0.15, -0.1) is 0 Å². The van der Waals surface area contributed by atoms with Crippen LogP contribution in [0.3, 0.4) is 0 Å². The van der Waals surface area contributed by atoms with Gasteiger partial charge < -0.3 is 9.15 Å². The van der Waals surface area contributed by atoms with Gasteiger partial charge in [-0.2, -0.15) is 0 Å². The molecule has 122 valence electrons. The average Bonchev–Trinajstić information content (AvgIpc) is 3.13. The Balaban J connectivity index is 1.87. The quantitative estimate of drug-likeness (QED) is 0.474. The number of nitrogens with zero attached hydrogens (tertiary/aromatic N) is 2. The maximum atomic E-state index is 12.4. The molecular formula is C15H10N2O6S. The number of carbonyl (C=O) groups excluding carboxylic acids is 2. The fraction of sp³-hybridized carbons (Fsp3) is 0.0667. The Morgan fingerprint density at radius 3 is 2.50 bits per heavy atom. The minimum Gasteiger partial charge on any atom is -0.497 e. The lowest BCUT2D eigenvalue weighted by molar-refractivity contribution is -0.402. The van der Waals surface area contributed by atoms with Crippen LogP contribution in [0.4, 0.5) is 16.4 Å². The van der Waals surface area contributed by atoms with Crippen molar-refractivity contribution in [1.82, 2.24) is 0 Å². The summed E-state index contributed by atoms with van der Waals surface area (Å²) in [6, 6.07) is 9.00. The molecule has 1 aromatic heterocycles. The van der Waals surface area contributed by atoms with Gasteiger partial charge in [0.05, 0.1) is 23.8 Å². The number of furan rings is 1. The number of benzene rings is 1. The van der Waals surface area contributed by atoms with Crippen molar-refractivity contribution in [2.75, 3.05) is 12.0 Å². The second-order valence-corrected chi connectivity index (χ2v) is 5.64. The maximum absolute atomic E-state index is 12.4. The van der Waals surface area contributed by atoms with Crippen molar-refractivity contribution >= 4 is 40.6 Å². The molecule has 0 aliphatic carbocycles. The van der Waals surface area contributed by atoms with Crippen molar-refractivity contribution < 1.29 is 23.7 Å². The Labute approximate surface area is 139 Å². The van der Waals surface area contributed by atoms with Crippen molar-refractivity contribution in [3.63, 3.8) is 0 Å². The maximum Gasteiger partial charge on any atom is 0.433 e. The smallest absolute Gasteiger partial charge is 0.433 e. The molecule has 8 nitrogen and oxygen atoms in total. The molecule has 9 heteroatoms. The number of nitro groups is 1. The lowest BCUT2D eigenvalue weighted by Gasteiger charge is -2.12. The van der Waals surface area contributed by atoms with E-state index in [0.29, 0.717) is 11.4 Å². The van der Waals surface area contributed by atoms with Crippen LogP contribution < -0.4 is 9.64 Å². The SMILES string of the molecule is COc1ccc(N2C(=O)S/C(=C\c3ccc([N+](=O)[O-])o3)C2=O)cc1. The van der Waals surface area contributed by atoms with E-state index in [-0.39, 0.29) is 10.7 Å². The molecule has 1 saturated heterocycles. The third kappa shape index (κ3) is 2.88. The van der Waals surface area contributed by atoms with E-state index >= 15 is 0 Å². The van der Waals surface area contributed by atoms with Crippen LogP contribution >= 0.6 is 11.8 Å². The van der Waals surface area contributed by atoms with E-state index in [0.717, 1.165) is 16.7 Å². The fourth-order valence-corrected chi connectivity index (χ4v) is 2.89. The molecule has 0 spiro atoms. The van der Waals surface area contributed by atoms with E-state index in [1.807, 2.05) is 0 Å². The molecule has 24 heavy (non-hydrogen) atoms. The van der Waals surface area contributed by atoms with Gasteiger partial charge >= 0.3 is 5.88 Å². The monoisotopic (exact) mass is 346 g/mol. The first-order chi connectivity index (χ1) is 11.5. The van der Waals surface area contributed by atoms with Crippen LogP contribution in [0, 0.1) is 10.1 Å². The second kappa shape index (κ2) is 6.20. The van der Waals surface area contributed by atoms with E-state index < -0.39 is 22.0 Å². The summed E-state index contributed by atoms with van der Waals surface area (Å²) in [5, 5.41) is 10.1. The number of thioether (sulfide) groups is 1. The standard InChI is InChI=1S/C15H10N2O6S/c1-22-10-4-2-9(3-5-10)16-14(18)12(24-15(16)19)8-11-6-7-13(23-11)17(20)21/h2-8H,1H3/b12-8-. The zero-order chi connectivity index (χ0) is 17.3. The summed E-state index contributed by atoms with van der Waals surface area (Å²) < 4.78 is 10.0. The van der Waals surface area contributed by atoms with Crippen molar-refractivity contribution in [2.45, 2.75) is 0 Å². The molecule has 0 N–H and O–H groups in total. The number of rotatable bonds is 4. The molecule has 1 aliphatic rings. The zero-order valence-corrected chi connectivity index (χ0v) is 13.1. The molecule has 1 aromatic carbocycles. The highest BCUT2D eigenvalue weighted by Gasteiger charge is 2.36. The fourth-order valence-electron chi connectivity index (χ4n) is 2.07. The second-order valence-electron chi connectivity index (χ2n) is 4.65. The molecule has 0 atom stereocenters. The van der Waals surface area contributed by atoms with Gasteiger partial charge in [-0.3, -0.25) is 19.7 Å². The largest absolute Gasteiger partial charge is 0.497 e. The molecule has 1 fully saturated rings. The lowest BCUT2D eigenvalue weighted by Crippen LogP contribution is -2.27. The Morgan fingerprint density at radius 1 is 1.21 bits per heavy atom. The van der Waals surface area contributed by atoms with Crippen LogP contribution in [-0.2, 0) is 4.79 Å². The predicted octanol–water partition coefficient (Wildman–Crippen LogP) is 3.44. The van der Waals surface area contributed by atoms with Crippen LogP contribution in [0.2, 0.25) is 0 Å². The Kier molecular flexibility index (Phi) is 4.09. The molecule has 0 unspecified atom stereocenters. The minimum absolute atomic E-state index is 0.125. The van der Waals surface area contributed by atoms with Gasteiger partial charge in [0.1, 0.15) is 16.4 Å². The van der Waals surface area contributed by atoms with Crippen molar-refractivity contribution in [1.29, 1.82) is 0 Å². The van der Waals surface area contributed by atoms with Crippen LogP contribution in [0.5, 0.6) is 5.75 Å². The average molecular weight is 346 g/mol. The molecule has 2 aromatic rings. The zero-order valence-electron chi connectivity index (χ0n) is 12.3. The topological polar surface area (TPSA) is 103 Å². The van der Waals surface area contributed by atoms with Crippen molar-refractivity contribution in [2.24, 2.45) is 0 Å². The highest BCUT2D eigenvalue weighted by atomic mass is 32.2. The van der Waals surface area contributed by atoms with Gasteiger partial charge in [0.25, 0.3) is 11.1 Å². The third-order valence-corrected chi connectivity index (χ3v) is 4.06. The van der Waals surface area contributed by atoms with Crippen LogP contribution in [0.15, 0.2) is 45.7 Å². The van der Waals surface area contributed by atoms with Gasteiger partial charge in [-0.25, -0.2) is 4.90 Å². The summed E-state index contributed by atoms with van der Waals surface area (Å²) in [6.45, 7) is 0. The van der Waals surface area contributed by atoms with E-state index in [4.69, 9.17) is 9.15 Å². The number of carbonyl (C=O) groups is 2. The van der Waals surface area contributed by atoms with E-state index in [9.17, 15) is 19.7 Å². The van der Waals surface area contributed by atoms with Crippen LogP contribution in [-0.4, -0.2) is 23.2 Å². The van der Waals surface area contributed by atoms with E-state index in [2.05, 4.69) is 0 Å². The van der Waals surface area contributed by atoms with Gasteiger partial charge in [0.2, 0.25) is 0 Å². The molecule has 2 amide bonds. The number of anilines is 1. The van der Waals surface area contributed by atoms with Crippen molar-refractivity contribution in [3.8, 4) is 5.75 Å². The first kappa shape index (κ1) is 15.8. The lowest BCUT2D eigenvalue weighted by atomic mass is 10.2. The van der Waals surface area contributed by atoms with Crippen LogP contribution in [0.25, 0.3) is 6.08 Å². The minimum atomic E-state index is -0.680. The Bertz CT molecular complexity index is 855. The number of hydrogen-bond donors (Lipinski definition) is 0. The van der Waals surface area contributed by atoms with E-state index in [1.165, 1.54) is 25.3 Å². The molecular weight excluding hydrogens is 336 g/mol. The molecule has 3 rings (SSSR count).